The summed E-state index contributed by atoms with van der Waals surface area (Å²) in [6.07, 6.45) is 9.26. The predicted molar refractivity (Wildman–Crippen MR) is 88.3 cm³/mol. The molecule has 1 aromatic carbocycles. The summed E-state index contributed by atoms with van der Waals surface area (Å²) in [6.45, 7) is 6.25. The fourth-order valence-electron chi connectivity index (χ4n) is 3.74. The lowest BCUT2D eigenvalue weighted by Gasteiger charge is -2.46. The quantitative estimate of drug-likeness (QED) is 0.888. The molecular formula is C18H30N2. The lowest BCUT2D eigenvalue weighted by molar-refractivity contribution is 0.302. The molecule has 2 N–H and O–H groups in total. The third-order valence-corrected chi connectivity index (χ3v) is 4.87. The van der Waals surface area contributed by atoms with Crippen molar-refractivity contribution in [2.45, 2.75) is 64.3 Å². The molecule has 1 saturated carbocycles. The van der Waals surface area contributed by atoms with E-state index >= 15 is 0 Å². The second-order valence-corrected chi connectivity index (χ2v) is 6.28. The van der Waals surface area contributed by atoms with Crippen LogP contribution in [0.3, 0.4) is 0 Å². The molecule has 1 aliphatic carbocycles. The van der Waals surface area contributed by atoms with Gasteiger partial charge in [0.1, 0.15) is 0 Å². The Morgan fingerprint density at radius 2 is 1.75 bits per heavy atom. The molecule has 0 radical (unpaired) electrons. The largest absolute Gasteiger partial charge is 0.365 e. The van der Waals surface area contributed by atoms with Gasteiger partial charge in [0.05, 0.1) is 5.54 Å². The highest BCUT2D eigenvalue weighted by Gasteiger charge is 2.34. The highest BCUT2D eigenvalue weighted by Crippen LogP contribution is 2.34. The third kappa shape index (κ3) is 3.35. The molecule has 0 atom stereocenters. The van der Waals surface area contributed by atoms with Gasteiger partial charge < -0.3 is 10.6 Å². The van der Waals surface area contributed by atoms with E-state index < -0.39 is 0 Å². The number of benzene rings is 1. The Balaban J connectivity index is 2.29. The van der Waals surface area contributed by atoms with Crippen molar-refractivity contribution < 1.29 is 0 Å². The van der Waals surface area contributed by atoms with Gasteiger partial charge in [-0.1, -0.05) is 44.2 Å². The van der Waals surface area contributed by atoms with E-state index in [0.717, 1.165) is 13.1 Å². The molecule has 0 spiro atoms. The first-order valence-corrected chi connectivity index (χ1v) is 8.26. The van der Waals surface area contributed by atoms with E-state index in [-0.39, 0.29) is 5.54 Å². The van der Waals surface area contributed by atoms with Gasteiger partial charge in [0.2, 0.25) is 0 Å². The average Bonchev–Trinajstić information content (AvgIpc) is 2.42. The molecule has 0 aromatic heterocycles. The molecule has 1 aliphatic rings. The number of hydrogen-bond acceptors (Lipinski definition) is 2. The van der Waals surface area contributed by atoms with Crippen LogP contribution in [0.15, 0.2) is 24.3 Å². The maximum atomic E-state index is 6.27. The van der Waals surface area contributed by atoms with Crippen molar-refractivity contribution in [3.63, 3.8) is 0 Å². The van der Waals surface area contributed by atoms with Crippen molar-refractivity contribution in [2.75, 3.05) is 18.0 Å². The van der Waals surface area contributed by atoms with Crippen LogP contribution in [0.2, 0.25) is 0 Å². The fraction of sp³-hybridized carbons (Fsp3) is 0.667. The maximum absolute atomic E-state index is 6.27. The second-order valence-electron chi connectivity index (χ2n) is 6.28. The van der Waals surface area contributed by atoms with Crippen molar-refractivity contribution in [1.82, 2.24) is 0 Å². The van der Waals surface area contributed by atoms with E-state index in [1.807, 2.05) is 0 Å². The predicted octanol–water partition coefficient (Wildman–Crippen LogP) is 4.26. The Kier molecular flexibility index (Phi) is 5.47. The lowest BCUT2D eigenvalue weighted by Crippen LogP contribution is -2.54. The van der Waals surface area contributed by atoms with Gasteiger partial charge in [-0.25, -0.2) is 0 Å². The highest BCUT2D eigenvalue weighted by atomic mass is 15.2. The minimum Gasteiger partial charge on any atom is -0.365 e. The summed E-state index contributed by atoms with van der Waals surface area (Å²) >= 11 is 0. The molecule has 20 heavy (non-hydrogen) atoms. The van der Waals surface area contributed by atoms with Crippen molar-refractivity contribution in [3.05, 3.63) is 29.8 Å². The standard InChI is InChI=1S/C18H30N2/c1-3-20(17-11-9-10-16(2)14-17)18(15-19)12-7-5-4-6-8-13-18/h9-11,14H,3-8,12-13,15,19H2,1-2H3. The van der Waals surface area contributed by atoms with Gasteiger partial charge >= 0.3 is 0 Å². The molecule has 0 saturated heterocycles. The number of rotatable bonds is 4. The molecular weight excluding hydrogens is 244 g/mol. The molecule has 0 aliphatic heterocycles. The molecule has 2 rings (SSSR count). The zero-order chi connectivity index (χ0) is 14.4. The van der Waals surface area contributed by atoms with Crippen molar-refractivity contribution in [2.24, 2.45) is 5.73 Å². The van der Waals surface area contributed by atoms with Crippen LogP contribution >= 0.6 is 0 Å². The van der Waals surface area contributed by atoms with Crippen molar-refractivity contribution >= 4 is 5.69 Å². The summed E-state index contributed by atoms with van der Waals surface area (Å²) in [7, 11) is 0. The molecule has 1 fully saturated rings. The van der Waals surface area contributed by atoms with Crippen molar-refractivity contribution in [3.8, 4) is 0 Å². The van der Waals surface area contributed by atoms with Crippen LogP contribution in [-0.4, -0.2) is 18.6 Å². The summed E-state index contributed by atoms with van der Waals surface area (Å²) in [5, 5.41) is 0. The summed E-state index contributed by atoms with van der Waals surface area (Å²) in [4.78, 5) is 2.57. The fourth-order valence-corrected chi connectivity index (χ4v) is 3.74. The van der Waals surface area contributed by atoms with Crippen LogP contribution in [0.5, 0.6) is 0 Å². The zero-order valence-electron chi connectivity index (χ0n) is 13.2. The zero-order valence-corrected chi connectivity index (χ0v) is 13.2. The number of hydrogen-bond donors (Lipinski definition) is 1. The van der Waals surface area contributed by atoms with E-state index in [0.29, 0.717) is 0 Å². The minimum absolute atomic E-state index is 0.170. The normalized spacial score (nSPS) is 19.1. The van der Waals surface area contributed by atoms with Crippen LogP contribution < -0.4 is 10.6 Å². The average molecular weight is 274 g/mol. The number of nitrogens with two attached hydrogens (primary N) is 1. The number of nitrogens with zero attached hydrogens (tertiary/aromatic N) is 1. The van der Waals surface area contributed by atoms with Crippen LogP contribution in [0.4, 0.5) is 5.69 Å². The van der Waals surface area contributed by atoms with Gasteiger partial charge in [0, 0.05) is 18.8 Å². The van der Waals surface area contributed by atoms with E-state index in [1.54, 1.807) is 0 Å². The van der Waals surface area contributed by atoms with Crippen LogP contribution in [0, 0.1) is 6.92 Å². The highest BCUT2D eigenvalue weighted by molar-refractivity contribution is 5.51. The Morgan fingerprint density at radius 1 is 1.10 bits per heavy atom. The van der Waals surface area contributed by atoms with Crippen LogP contribution in [0.25, 0.3) is 0 Å². The van der Waals surface area contributed by atoms with Crippen molar-refractivity contribution in [1.29, 1.82) is 0 Å². The van der Waals surface area contributed by atoms with Gasteiger partial charge in [-0.05, 0) is 44.4 Å². The van der Waals surface area contributed by atoms with Gasteiger partial charge in [-0.15, -0.1) is 0 Å². The Labute approximate surface area is 124 Å². The molecule has 0 amide bonds. The van der Waals surface area contributed by atoms with Gasteiger partial charge in [0.15, 0.2) is 0 Å². The van der Waals surface area contributed by atoms with Crippen LogP contribution in [-0.2, 0) is 0 Å². The topological polar surface area (TPSA) is 29.3 Å². The Morgan fingerprint density at radius 3 is 2.30 bits per heavy atom. The van der Waals surface area contributed by atoms with E-state index in [1.165, 1.54) is 56.2 Å². The number of anilines is 1. The van der Waals surface area contributed by atoms with E-state index in [2.05, 4.69) is 43.0 Å². The molecule has 1 aromatic rings. The molecule has 0 heterocycles. The van der Waals surface area contributed by atoms with Gasteiger partial charge in [0.25, 0.3) is 0 Å². The Hall–Kier alpha value is -1.02. The molecule has 112 valence electrons. The number of likely N-dealkylation sites (N-methyl/N-ethyl adjacent to an activating group) is 1. The SMILES string of the molecule is CCN(c1cccc(C)c1)C1(CN)CCCCCCC1. The van der Waals surface area contributed by atoms with Crippen LogP contribution in [0.1, 0.15) is 57.4 Å². The first-order chi connectivity index (χ1) is 9.72. The smallest absolute Gasteiger partial charge is 0.0524 e. The minimum atomic E-state index is 0.170. The Bertz CT molecular complexity index is 406. The summed E-state index contributed by atoms with van der Waals surface area (Å²) in [5.74, 6) is 0. The molecule has 2 nitrogen and oxygen atoms in total. The molecule has 0 bridgehead atoms. The summed E-state index contributed by atoms with van der Waals surface area (Å²) in [5.41, 5.74) is 9.12. The molecule has 2 heteroatoms. The van der Waals surface area contributed by atoms with E-state index in [9.17, 15) is 0 Å². The second kappa shape index (κ2) is 7.12. The summed E-state index contributed by atoms with van der Waals surface area (Å²) in [6, 6.07) is 8.89. The maximum Gasteiger partial charge on any atom is 0.0524 e. The van der Waals surface area contributed by atoms with Gasteiger partial charge in [-0.3, -0.25) is 0 Å². The molecule has 0 unspecified atom stereocenters. The van der Waals surface area contributed by atoms with Gasteiger partial charge in [-0.2, -0.15) is 0 Å². The first-order valence-electron chi connectivity index (χ1n) is 8.26. The lowest BCUT2D eigenvalue weighted by atomic mass is 9.82. The summed E-state index contributed by atoms with van der Waals surface area (Å²) < 4.78 is 0. The third-order valence-electron chi connectivity index (χ3n) is 4.87. The van der Waals surface area contributed by atoms with E-state index in [4.69, 9.17) is 5.73 Å². The first kappa shape index (κ1) is 15.4. The monoisotopic (exact) mass is 274 g/mol. The number of aryl methyl sites for hydroxylation is 1.